The standard InChI is InChI=1S/C17H25NO3/c1-2-21-16-8-4-3-7-15(16)9-10-17(20)18-11-5-6-14(12-18)13-19/h3-4,7-8,14,19H,2,5-6,9-13H2,1H3. The Hall–Kier alpha value is -1.55. The highest BCUT2D eigenvalue weighted by molar-refractivity contribution is 5.76. The molecule has 1 aliphatic heterocycles. The molecule has 1 unspecified atom stereocenters. The van der Waals surface area contributed by atoms with Gasteiger partial charge in [-0.3, -0.25) is 4.79 Å². The summed E-state index contributed by atoms with van der Waals surface area (Å²) in [4.78, 5) is 14.2. The van der Waals surface area contributed by atoms with Crippen molar-refractivity contribution >= 4 is 5.91 Å². The highest BCUT2D eigenvalue weighted by Crippen LogP contribution is 2.21. The van der Waals surface area contributed by atoms with E-state index in [-0.39, 0.29) is 18.4 Å². The molecule has 0 bridgehead atoms. The summed E-state index contributed by atoms with van der Waals surface area (Å²) in [6.07, 6.45) is 3.22. The lowest BCUT2D eigenvalue weighted by Crippen LogP contribution is -2.41. The van der Waals surface area contributed by atoms with E-state index in [1.807, 2.05) is 36.1 Å². The van der Waals surface area contributed by atoms with Crippen molar-refractivity contribution in [1.82, 2.24) is 4.90 Å². The van der Waals surface area contributed by atoms with Gasteiger partial charge < -0.3 is 14.7 Å². The van der Waals surface area contributed by atoms with E-state index in [0.29, 0.717) is 26.0 Å². The quantitative estimate of drug-likeness (QED) is 0.874. The Morgan fingerprint density at radius 3 is 3.00 bits per heavy atom. The molecule has 1 N–H and O–H groups in total. The smallest absolute Gasteiger partial charge is 0.222 e. The van der Waals surface area contributed by atoms with Crippen LogP contribution in [0.1, 0.15) is 31.7 Å². The second kappa shape index (κ2) is 8.03. The SMILES string of the molecule is CCOc1ccccc1CCC(=O)N1CCCC(CO)C1. The number of hydrogen-bond acceptors (Lipinski definition) is 3. The van der Waals surface area contributed by atoms with Gasteiger partial charge >= 0.3 is 0 Å². The van der Waals surface area contributed by atoms with E-state index in [2.05, 4.69) is 0 Å². The molecule has 0 saturated carbocycles. The number of ether oxygens (including phenoxy) is 1. The van der Waals surface area contributed by atoms with E-state index >= 15 is 0 Å². The number of piperidine rings is 1. The number of nitrogens with zero attached hydrogens (tertiary/aromatic N) is 1. The van der Waals surface area contributed by atoms with Crippen LogP contribution in [-0.2, 0) is 11.2 Å². The van der Waals surface area contributed by atoms with Crippen molar-refractivity contribution in [3.05, 3.63) is 29.8 Å². The lowest BCUT2D eigenvalue weighted by atomic mass is 9.98. The molecular formula is C17H25NO3. The zero-order valence-corrected chi connectivity index (χ0v) is 12.8. The minimum absolute atomic E-state index is 0.178. The summed E-state index contributed by atoms with van der Waals surface area (Å²) in [7, 11) is 0. The lowest BCUT2D eigenvalue weighted by Gasteiger charge is -2.32. The Bertz CT molecular complexity index is 461. The van der Waals surface area contributed by atoms with Crippen LogP contribution in [0.3, 0.4) is 0 Å². The van der Waals surface area contributed by atoms with Gasteiger partial charge in [0.25, 0.3) is 0 Å². The predicted molar refractivity (Wildman–Crippen MR) is 82.3 cm³/mol. The molecule has 4 nitrogen and oxygen atoms in total. The van der Waals surface area contributed by atoms with Crippen LogP contribution in [0.25, 0.3) is 0 Å². The average Bonchev–Trinajstić information content (AvgIpc) is 2.54. The molecular weight excluding hydrogens is 266 g/mol. The van der Waals surface area contributed by atoms with Crippen molar-refractivity contribution < 1.29 is 14.6 Å². The van der Waals surface area contributed by atoms with Gasteiger partial charge in [0.2, 0.25) is 5.91 Å². The number of rotatable bonds is 6. The van der Waals surface area contributed by atoms with Crippen molar-refractivity contribution in [2.24, 2.45) is 5.92 Å². The summed E-state index contributed by atoms with van der Waals surface area (Å²) in [5.41, 5.74) is 1.09. The van der Waals surface area contributed by atoms with Crippen LogP contribution in [0.4, 0.5) is 0 Å². The number of aliphatic hydroxyl groups excluding tert-OH is 1. The van der Waals surface area contributed by atoms with Gasteiger partial charge in [-0.05, 0) is 43.7 Å². The maximum Gasteiger partial charge on any atom is 0.222 e. The highest BCUT2D eigenvalue weighted by Gasteiger charge is 2.22. The summed E-state index contributed by atoms with van der Waals surface area (Å²) in [6, 6.07) is 7.90. The first-order valence-corrected chi connectivity index (χ1v) is 7.84. The fraction of sp³-hybridized carbons (Fsp3) is 0.588. The minimum Gasteiger partial charge on any atom is -0.494 e. The number of carbonyl (C=O) groups is 1. The summed E-state index contributed by atoms with van der Waals surface area (Å²) in [6.45, 7) is 4.29. The normalized spacial score (nSPS) is 18.6. The van der Waals surface area contributed by atoms with Crippen molar-refractivity contribution in [2.45, 2.75) is 32.6 Å². The summed E-state index contributed by atoms with van der Waals surface area (Å²) in [5, 5.41) is 9.24. The molecule has 0 radical (unpaired) electrons. The molecule has 0 spiro atoms. The Morgan fingerprint density at radius 1 is 1.43 bits per heavy atom. The van der Waals surface area contributed by atoms with Crippen molar-refractivity contribution in [3.63, 3.8) is 0 Å². The molecule has 2 rings (SSSR count). The van der Waals surface area contributed by atoms with Crippen molar-refractivity contribution in [2.75, 3.05) is 26.3 Å². The molecule has 1 aromatic carbocycles. The number of likely N-dealkylation sites (tertiary alicyclic amines) is 1. The summed E-state index contributed by atoms with van der Waals surface area (Å²) in [5.74, 6) is 1.30. The van der Waals surface area contributed by atoms with Crippen LogP contribution in [0.5, 0.6) is 5.75 Å². The van der Waals surface area contributed by atoms with Gasteiger partial charge in [0, 0.05) is 26.1 Å². The van der Waals surface area contributed by atoms with Crippen molar-refractivity contribution in [1.29, 1.82) is 0 Å². The predicted octanol–water partition coefficient (Wildman–Crippen LogP) is 2.25. The number of amides is 1. The van der Waals surface area contributed by atoms with E-state index in [1.54, 1.807) is 0 Å². The van der Waals surface area contributed by atoms with Crippen LogP contribution in [0, 0.1) is 5.92 Å². The van der Waals surface area contributed by atoms with Gasteiger partial charge in [-0.1, -0.05) is 18.2 Å². The molecule has 0 aliphatic carbocycles. The third kappa shape index (κ3) is 4.46. The molecule has 1 aliphatic rings. The monoisotopic (exact) mass is 291 g/mol. The molecule has 1 heterocycles. The molecule has 1 atom stereocenters. The Labute approximate surface area is 126 Å². The molecule has 1 saturated heterocycles. The second-order valence-electron chi connectivity index (χ2n) is 5.57. The number of carbonyl (C=O) groups excluding carboxylic acids is 1. The number of aliphatic hydroxyl groups is 1. The van der Waals surface area contributed by atoms with Gasteiger partial charge in [0.15, 0.2) is 0 Å². The fourth-order valence-electron chi connectivity index (χ4n) is 2.85. The molecule has 116 valence electrons. The molecule has 1 aromatic rings. The Kier molecular flexibility index (Phi) is 6.05. The largest absolute Gasteiger partial charge is 0.494 e. The van der Waals surface area contributed by atoms with E-state index < -0.39 is 0 Å². The minimum atomic E-state index is 0.178. The highest BCUT2D eigenvalue weighted by atomic mass is 16.5. The average molecular weight is 291 g/mol. The zero-order valence-electron chi connectivity index (χ0n) is 12.8. The van der Waals surface area contributed by atoms with Gasteiger partial charge in [0.05, 0.1) is 6.61 Å². The van der Waals surface area contributed by atoms with Crippen LogP contribution in [-0.4, -0.2) is 42.2 Å². The molecule has 0 aromatic heterocycles. The number of benzene rings is 1. The number of para-hydroxylation sites is 1. The first-order valence-electron chi connectivity index (χ1n) is 7.84. The van der Waals surface area contributed by atoms with Gasteiger partial charge in [-0.25, -0.2) is 0 Å². The molecule has 1 amide bonds. The molecule has 21 heavy (non-hydrogen) atoms. The topological polar surface area (TPSA) is 49.8 Å². The van der Waals surface area contributed by atoms with Gasteiger partial charge in [-0.15, -0.1) is 0 Å². The Morgan fingerprint density at radius 2 is 2.24 bits per heavy atom. The second-order valence-corrected chi connectivity index (χ2v) is 5.57. The maximum absolute atomic E-state index is 12.3. The third-order valence-corrected chi connectivity index (χ3v) is 4.01. The lowest BCUT2D eigenvalue weighted by molar-refractivity contribution is -0.133. The zero-order chi connectivity index (χ0) is 15.1. The first-order chi connectivity index (χ1) is 10.2. The first kappa shape index (κ1) is 15.8. The van der Waals surface area contributed by atoms with Crippen molar-refractivity contribution in [3.8, 4) is 5.75 Å². The van der Waals surface area contributed by atoms with E-state index in [4.69, 9.17) is 4.74 Å². The third-order valence-electron chi connectivity index (χ3n) is 4.01. The van der Waals surface area contributed by atoms with E-state index in [0.717, 1.165) is 30.7 Å². The molecule has 1 fully saturated rings. The van der Waals surface area contributed by atoms with Crippen LogP contribution >= 0.6 is 0 Å². The molecule has 4 heteroatoms. The van der Waals surface area contributed by atoms with Gasteiger partial charge in [-0.2, -0.15) is 0 Å². The Balaban J connectivity index is 1.89. The summed E-state index contributed by atoms with van der Waals surface area (Å²) >= 11 is 0. The maximum atomic E-state index is 12.3. The van der Waals surface area contributed by atoms with Gasteiger partial charge in [0.1, 0.15) is 5.75 Å². The van der Waals surface area contributed by atoms with E-state index in [9.17, 15) is 9.90 Å². The summed E-state index contributed by atoms with van der Waals surface area (Å²) < 4.78 is 5.59. The van der Waals surface area contributed by atoms with E-state index in [1.165, 1.54) is 0 Å². The van der Waals surface area contributed by atoms with Crippen LogP contribution in [0.15, 0.2) is 24.3 Å². The fourth-order valence-corrected chi connectivity index (χ4v) is 2.85. The number of hydrogen-bond donors (Lipinski definition) is 1. The van der Waals surface area contributed by atoms with Crippen LogP contribution in [0.2, 0.25) is 0 Å². The number of aryl methyl sites for hydroxylation is 1. The van der Waals surface area contributed by atoms with Crippen LogP contribution < -0.4 is 4.74 Å².